The molecule has 1 aromatic carbocycles. The van der Waals surface area contributed by atoms with Gasteiger partial charge >= 0.3 is 5.69 Å². The SMILES string of the molecule is CNc1cccc(S(=O)(=O)NCc2ncc[nH]2)c1[N+](=O)[O-]. The second-order valence-electron chi connectivity index (χ2n) is 4.02. The van der Waals surface area contributed by atoms with Gasteiger partial charge in [0, 0.05) is 19.4 Å². The summed E-state index contributed by atoms with van der Waals surface area (Å²) >= 11 is 0. The van der Waals surface area contributed by atoms with Gasteiger partial charge in [-0.1, -0.05) is 6.07 Å². The van der Waals surface area contributed by atoms with Crippen LogP contribution in [0.2, 0.25) is 0 Å². The number of sulfonamides is 1. The summed E-state index contributed by atoms with van der Waals surface area (Å²) in [6, 6.07) is 4.05. The molecule has 0 atom stereocenters. The molecule has 10 heteroatoms. The van der Waals surface area contributed by atoms with Crippen molar-refractivity contribution in [2.45, 2.75) is 11.4 Å². The van der Waals surface area contributed by atoms with Crippen molar-refractivity contribution in [1.82, 2.24) is 14.7 Å². The molecule has 1 aromatic heterocycles. The van der Waals surface area contributed by atoms with Crippen LogP contribution >= 0.6 is 0 Å². The standard InChI is InChI=1S/C11H13N5O4S/c1-12-8-3-2-4-9(11(8)16(17)18)21(19,20)15-7-10-13-5-6-14-10/h2-6,12,15H,7H2,1H3,(H,13,14). The van der Waals surface area contributed by atoms with Crippen molar-refractivity contribution in [1.29, 1.82) is 0 Å². The summed E-state index contributed by atoms with van der Waals surface area (Å²) < 4.78 is 26.7. The van der Waals surface area contributed by atoms with Crippen molar-refractivity contribution in [2.24, 2.45) is 0 Å². The molecule has 0 saturated carbocycles. The molecular weight excluding hydrogens is 298 g/mol. The molecule has 0 saturated heterocycles. The van der Waals surface area contributed by atoms with Gasteiger partial charge in [-0.3, -0.25) is 10.1 Å². The van der Waals surface area contributed by atoms with E-state index in [1.807, 2.05) is 0 Å². The lowest BCUT2D eigenvalue weighted by Crippen LogP contribution is -2.24. The van der Waals surface area contributed by atoms with Crippen LogP contribution in [0.4, 0.5) is 11.4 Å². The Hall–Kier alpha value is -2.46. The quantitative estimate of drug-likeness (QED) is 0.535. The fourth-order valence-corrected chi connectivity index (χ4v) is 2.94. The van der Waals surface area contributed by atoms with Gasteiger partial charge in [-0.25, -0.2) is 18.1 Å². The first-order chi connectivity index (χ1) is 9.95. The molecule has 2 rings (SSSR count). The van der Waals surface area contributed by atoms with Crippen LogP contribution in [0.15, 0.2) is 35.5 Å². The molecule has 0 fully saturated rings. The fourth-order valence-electron chi connectivity index (χ4n) is 1.76. The molecule has 0 spiro atoms. The van der Waals surface area contributed by atoms with Crippen molar-refractivity contribution in [3.8, 4) is 0 Å². The van der Waals surface area contributed by atoms with E-state index in [1.165, 1.54) is 31.4 Å². The number of hydrogen-bond donors (Lipinski definition) is 3. The van der Waals surface area contributed by atoms with Crippen LogP contribution in [0.5, 0.6) is 0 Å². The average molecular weight is 311 g/mol. The summed E-state index contributed by atoms with van der Waals surface area (Å²) in [7, 11) is -2.56. The van der Waals surface area contributed by atoms with Crippen LogP contribution in [-0.4, -0.2) is 30.4 Å². The van der Waals surface area contributed by atoms with Gasteiger partial charge in [0.2, 0.25) is 10.0 Å². The Morgan fingerprint density at radius 2 is 2.19 bits per heavy atom. The average Bonchev–Trinajstić information content (AvgIpc) is 2.97. The highest BCUT2D eigenvalue weighted by Gasteiger charge is 2.28. The van der Waals surface area contributed by atoms with Gasteiger partial charge in [0.25, 0.3) is 0 Å². The summed E-state index contributed by atoms with van der Waals surface area (Å²) in [5.41, 5.74) is -0.368. The molecule has 3 N–H and O–H groups in total. The number of nitrogens with one attached hydrogen (secondary N) is 3. The van der Waals surface area contributed by atoms with E-state index < -0.39 is 25.5 Å². The number of nitrogens with zero attached hydrogens (tertiary/aromatic N) is 2. The van der Waals surface area contributed by atoms with Crippen molar-refractivity contribution < 1.29 is 13.3 Å². The minimum absolute atomic E-state index is 0.0870. The monoisotopic (exact) mass is 311 g/mol. The van der Waals surface area contributed by atoms with Crippen LogP contribution in [0.3, 0.4) is 0 Å². The summed E-state index contributed by atoms with van der Waals surface area (Å²) in [5.74, 6) is 0.408. The van der Waals surface area contributed by atoms with Crippen molar-refractivity contribution in [3.63, 3.8) is 0 Å². The third kappa shape index (κ3) is 3.17. The van der Waals surface area contributed by atoms with Gasteiger partial charge in [0.1, 0.15) is 11.5 Å². The van der Waals surface area contributed by atoms with E-state index in [1.54, 1.807) is 6.20 Å². The normalized spacial score (nSPS) is 11.3. The smallest absolute Gasteiger partial charge is 0.312 e. The van der Waals surface area contributed by atoms with E-state index in [9.17, 15) is 18.5 Å². The predicted octanol–water partition coefficient (Wildman–Crippen LogP) is 0.838. The number of aromatic amines is 1. The molecule has 0 aliphatic heterocycles. The third-order valence-electron chi connectivity index (χ3n) is 2.72. The van der Waals surface area contributed by atoms with E-state index in [4.69, 9.17) is 0 Å². The summed E-state index contributed by atoms with van der Waals surface area (Å²) in [6.45, 7) is -0.0870. The first-order valence-corrected chi connectivity index (χ1v) is 7.37. The van der Waals surface area contributed by atoms with Crippen LogP contribution in [0.1, 0.15) is 5.82 Å². The first-order valence-electron chi connectivity index (χ1n) is 5.89. The Labute approximate surface area is 120 Å². The number of rotatable bonds is 6. The number of nitro benzene ring substituents is 1. The summed E-state index contributed by atoms with van der Waals surface area (Å²) in [4.78, 5) is 16.6. The number of hydrogen-bond acceptors (Lipinski definition) is 6. The van der Waals surface area contributed by atoms with E-state index in [0.717, 1.165) is 0 Å². The number of benzene rings is 1. The number of nitro groups is 1. The van der Waals surface area contributed by atoms with Crippen molar-refractivity contribution in [2.75, 3.05) is 12.4 Å². The second kappa shape index (κ2) is 5.89. The molecule has 0 aliphatic carbocycles. The predicted molar refractivity (Wildman–Crippen MR) is 75.3 cm³/mol. The van der Waals surface area contributed by atoms with Gasteiger partial charge in [0.05, 0.1) is 11.5 Å². The summed E-state index contributed by atoms with van der Waals surface area (Å²) in [6.07, 6.45) is 3.03. The lowest BCUT2D eigenvalue weighted by Gasteiger charge is -2.09. The molecule has 1 heterocycles. The van der Waals surface area contributed by atoms with Gasteiger partial charge in [-0.05, 0) is 12.1 Å². The van der Waals surface area contributed by atoms with Crippen LogP contribution in [0.25, 0.3) is 0 Å². The lowest BCUT2D eigenvalue weighted by atomic mass is 10.3. The maximum atomic E-state index is 12.2. The fraction of sp³-hybridized carbons (Fsp3) is 0.182. The van der Waals surface area contributed by atoms with Crippen LogP contribution in [-0.2, 0) is 16.6 Å². The number of para-hydroxylation sites is 1. The number of anilines is 1. The molecule has 0 unspecified atom stereocenters. The minimum atomic E-state index is -4.04. The van der Waals surface area contributed by atoms with E-state index in [0.29, 0.717) is 5.82 Å². The zero-order valence-electron chi connectivity index (χ0n) is 11.0. The molecule has 0 aliphatic rings. The lowest BCUT2D eigenvalue weighted by molar-refractivity contribution is -0.386. The molecule has 0 radical (unpaired) electrons. The Morgan fingerprint density at radius 3 is 2.76 bits per heavy atom. The van der Waals surface area contributed by atoms with E-state index >= 15 is 0 Å². The maximum Gasteiger partial charge on any atom is 0.312 e. The van der Waals surface area contributed by atoms with Crippen molar-refractivity contribution in [3.05, 3.63) is 46.5 Å². The van der Waals surface area contributed by atoms with E-state index in [-0.39, 0.29) is 12.2 Å². The van der Waals surface area contributed by atoms with Crippen molar-refractivity contribution >= 4 is 21.4 Å². The zero-order valence-corrected chi connectivity index (χ0v) is 11.8. The molecule has 21 heavy (non-hydrogen) atoms. The molecule has 0 amide bonds. The van der Waals surface area contributed by atoms with Crippen LogP contribution in [0, 0.1) is 10.1 Å². The Bertz CT molecular complexity index is 742. The molecule has 2 aromatic rings. The minimum Gasteiger partial charge on any atom is -0.383 e. The summed E-state index contributed by atoms with van der Waals surface area (Å²) in [5, 5.41) is 13.7. The molecule has 9 nitrogen and oxygen atoms in total. The molecule has 0 bridgehead atoms. The zero-order chi connectivity index (χ0) is 15.5. The van der Waals surface area contributed by atoms with E-state index in [2.05, 4.69) is 20.0 Å². The number of imidazole rings is 1. The Morgan fingerprint density at radius 1 is 1.43 bits per heavy atom. The maximum absolute atomic E-state index is 12.2. The molecular formula is C11H13N5O4S. The van der Waals surface area contributed by atoms with Gasteiger partial charge in [-0.15, -0.1) is 0 Å². The highest BCUT2D eigenvalue weighted by Crippen LogP contribution is 2.31. The first kappa shape index (κ1) is 14.9. The van der Waals surface area contributed by atoms with Gasteiger partial charge in [-0.2, -0.15) is 0 Å². The highest BCUT2D eigenvalue weighted by atomic mass is 32.2. The van der Waals surface area contributed by atoms with Crippen LogP contribution < -0.4 is 10.0 Å². The highest BCUT2D eigenvalue weighted by molar-refractivity contribution is 7.89. The largest absolute Gasteiger partial charge is 0.383 e. The topological polar surface area (TPSA) is 130 Å². The Kier molecular flexibility index (Phi) is 4.19. The Balaban J connectivity index is 2.37. The van der Waals surface area contributed by atoms with Gasteiger partial charge in [0.15, 0.2) is 4.90 Å². The third-order valence-corrected chi connectivity index (χ3v) is 4.16. The second-order valence-corrected chi connectivity index (χ2v) is 5.76. The van der Waals surface area contributed by atoms with Gasteiger partial charge < -0.3 is 10.3 Å². The number of H-pyrrole nitrogens is 1. The number of aromatic nitrogens is 2. The molecule has 112 valence electrons.